The van der Waals surface area contributed by atoms with E-state index in [1.54, 1.807) is 31.4 Å². The van der Waals surface area contributed by atoms with Crippen LogP contribution in [0.25, 0.3) is 0 Å². The van der Waals surface area contributed by atoms with Crippen LogP contribution in [-0.2, 0) is 6.54 Å². The van der Waals surface area contributed by atoms with Crippen molar-refractivity contribution in [1.82, 2.24) is 0 Å². The molecular formula is C14H13FN2O3. The van der Waals surface area contributed by atoms with Gasteiger partial charge in [-0.15, -0.1) is 0 Å². The first-order valence-electron chi connectivity index (χ1n) is 5.91. The van der Waals surface area contributed by atoms with E-state index >= 15 is 0 Å². The molecule has 0 fully saturated rings. The Bertz CT molecular complexity index is 632. The molecule has 0 amide bonds. The fourth-order valence-corrected chi connectivity index (χ4v) is 1.80. The van der Waals surface area contributed by atoms with Gasteiger partial charge in [-0.25, -0.2) is 4.39 Å². The number of anilines is 1. The highest BCUT2D eigenvalue weighted by molar-refractivity contribution is 5.50. The van der Waals surface area contributed by atoms with Crippen LogP contribution < -0.4 is 10.1 Å². The van der Waals surface area contributed by atoms with Crippen molar-refractivity contribution >= 4 is 11.4 Å². The van der Waals surface area contributed by atoms with E-state index in [-0.39, 0.29) is 17.8 Å². The molecule has 5 nitrogen and oxygen atoms in total. The summed E-state index contributed by atoms with van der Waals surface area (Å²) in [6, 6.07) is 10.5. The van der Waals surface area contributed by atoms with Crippen molar-refractivity contribution in [2.45, 2.75) is 6.54 Å². The Labute approximate surface area is 115 Å². The lowest BCUT2D eigenvalue weighted by atomic mass is 10.1. The molecule has 0 aromatic heterocycles. The van der Waals surface area contributed by atoms with Crippen molar-refractivity contribution in [3.63, 3.8) is 0 Å². The predicted molar refractivity (Wildman–Crippen MR) is 73.4 cm³/mol. The lowest BCUT2D eigenvalue weighted by Gasteiger charge is -2.08. The zero-order valence-corrected chi connectivity index (χ0v) is 10.8. The molecule has 104 valence electrons. The van der Waals surface area contributed by atoms with Crippen LogP contribution in [0.5, 0.6) is 5.75 Å². The normalized spacial score (nSPS) is 10.1. The van der Waals surface area contributed by atoms with Crippen LogP contribution in [0.15, 0.2) is 42.5 Å². The first kappa shape index (κ1) is 13.8. The average Bonchev–Trinajstić information content (AvgIpc) is 2.45. The lowest BCUT2D eigenvalue weighted by Crippen LogP contribution is -2.03. The molecular weight excluding hydrogens is 263 g/mol. The number of benzene rings is 2. The van der Waals surface area contributed by atoms with Gasteiger partial charge in [0.05, 0.1) is 17.6 Å². The van der Waals surface area contributed by atoms with Crippen LogP contribution in [-0.4, -0.2) is 12.0 Å². The summed E-state index contributed by atoms with van der Waals surface area (Å²) >= 11 is 0. The molecule has 0 bridgehead atoms. The van der Waals surface area contributed by atoms with Gasteiger partial charge < -0.3 is 10.1 Å². The predicted octanol–water partition coefficient (Wildman–Crippen LogP) is 3.35. The highest BCUT2D eigenvalue weighted by Gasteiger charge is 2.14. The van der Waals surface area contributed by atoms with Gasteiger partial charge in [0.15, 0.2) is 0 Å². The van der Waals surface area contributed by atoms with Gasteiger partial charge in [0.25, 0.3) is 5.69 Å². The maximum atomic E-state index is 13.2. The Morgan fingerprint density at radius 2 is 2.10 bits per heavy atom. The highest BCUT2D eigenvalue weighted by atomic mass is 19.1. The summed E-state index contributed by atoms with van der Waals surface area (Å²) in [5, 5.41) is 13.9. The third-order valence-corrected chi connectivity index (χ3v) is 2.79. The minimum absolute atomic E-state index is 0.109. The molecule has 0 unspecified atom stereocenters. The monoisotopic (exact) mass is 276 g/mol. The quantitative estimate of drug-likeness (QED) is 0.671. The van der Waals surface area contributed by atoms with Gasteiger partial charge in [-0.05, 0) is 24.3 Å². The largest absolute Gasteiger partial charge is 0.497 e. The summed E-state index contributed by atoms with van der Waals surface area (Å²) < 4.78 is 18.3. The number of hydrogen-bond acceptors (Lipinski definition) is 4. The van der Waals surface area contributed by atoms with Crippen LogP contribution in [0.1, 0.15) is 5.56 Å². The number of methoxy groups -OCH3 is 1. The fraction of sp³-hybridized carbons (Fsp3) is 0.143. The van der Waals surface area contributed by atoms with Crippen molar-refractivity contribution in [3.8, 4) is 5.75 Å². The van der Waals surface area contributed by atoms with Crippen molar-refractivity contribution in [2.75, 3.05) is 12.4 Å². The van der Waals surface area contributed by atoms with E-state index in [1.165, 1.54) is 0 Å². The number of ether oxygens (including phenoxy) is 1. The second-order valence-corrected chi connectivity index (χ2v) is 4.12. The van der Waals surface area contributed by atoms with E-state index in [9.17, 15) is 14.5 Å². The smallest absolute Gasteiger partial charge is 0.274 e. The van der Waals surface area contributed by atoms with Gasteiger partial charge in [-0.1, -0.05) is 6.07 Å². The van der Waals surface area contributed by atoms with Crippen LogP contribution in [0.4, 0.5) is 15.8 Å². The van der Waals surface area contributed by atoms with Crippen molar-refractivity contribution in [1.29, 1.82) is 0 Å². The van der Waals surface area contributed by atoms with Crippen LogP contribution in [0.2, 0.25) is 0 Å². The van der Waals surface area contributed by atoms with E-state index in [0.29, 0.717) is 5.75 Å². The van der Waals surface area contributed by atoms with Crippen LogP contribution >= 0.6 is 0 Å². The molecule has 0 aliphatic rings. The molecule has 0 heterocycles. The minimum Gasteiger partial charge on any atom is -0.497 e. The second-order valence-electron chi connectivity index (χ2n) is 4.12. The molecule has 0 radical (unpaired) electrons. The molecule has 20 heavy (non-hydrogen) atoms. The lowest BCUT2D eigenvalue weighted by molar-refractivity contribution is -0.385. The molecule has 0 saturated carbocycles. The number of nitrogens with zero attached hydrogens (tertiary/aromatic N) is 1. The Balaban J connectivity index is 2.17. The first-order chi connectivity index (χ1) is 9.60. The van der Waals surface area contributed by atoms with E-state index in [2.05, 4.69) is 5.32 Å². The molecule has 2 aromatic carbocycles. The van der Waals surface area contributed by atoms with Crippen molar-refractivity contribution < 1.29 is 14.1 Å². The summed E-state index contributed by atoms with van der Waals surface area (Å²) in [6.07, 6.45) is 0. The SMILES string of the molecule is COc1cccc(NCc2cc(F)ccc2[N+](=O)[O-])c1. The Morgan fingerprint density at radius 3 is 2.80 bits per heavy atom. The molecule has 0 atom stereocenters. The zero-order chi connectivity index (χ0) is 14.5. The number of halogens is 1. The van der Waals surface area contributed by atoms with Gasteiger partial charge >= 0.3 is 0 Å². The molecule has 6 heteroatoms. The molecule has 1 N–H and O–H groups in total. The number of nitro groups is 1. The molecule has 0 aliphatic carbocycles. The summed E-state index contributed by atoms with van der Waals surface area (Å²) in [6.45, 7) is 0.154. The molecule has 0 spiro atoms. The average molecular weight is 276 g/mol. The van der Waals surface area contributed by atoms with Gasteiger partial charge in [-0.2, -0.15) is 0 Å². The van der Waals surface area contributed by atoms with Gasteiger partial charge in [0.1, 0.15) is 11.6 Å². The maximum absolute atomic E-state index is 13.2. The molecule has 2 rings (SSSR count). The van der Waals surface area contributed by atoms with E-state index in [0.717, 1.165) is 23.9 Å². The molecule has 0 saturated heterocycles. The standard InChI is InChI=1S/C14H13FN2O3/c1-20-13-4-2-3-12(8-13)16-9-10-7-11(15)5-6-14(10)17(18)19/h2-8,16H,9H2,1H3. The fourth-order valence-electron chi connectivity index (χ4n) is 1.80. The van der Waals surface area contributed by atoms with Crippen LogP contribution in [0.3, 0.4) is 0 Å². The first-order valence-corrected chi connectivity index (χ1v) is 5.91. The topological polar surface area (TPSA) is 64.4 Å². The number of hydrogen-bond donors (Lipinski definition) is 1. The maximum Gasteiger partial charge on any atom is 0.274 e. The van der Waals surface area contributed by atoms with E-state index in [1.807, 2.05) is 0 Å². The zero-order valence-electron chi connectivity index (χ0n) is 10.8. The van der Waals surface area contributed by atoms with Gasteiger partial charge in [-0.3, -0.25) is 10.1 Å². The molecule has 0 aliphatic heterocycles. The summed E-state index contributed by atoms with van der Waals surface area (Å²) in [5.74, 6) is 0.168. The number of nitro benzene ring substituents is 1. The second kappa shape index (κ2) is 6.01. The summed E-state index contributed by atoms with van der Waals surface area (Å²) in [4.78, 5) is 10.4. The molecule has 2 aromatic rings. The Morgan fingerprint density at radius 1 is 1.30 bits per heavy atom. The van der Waals surface area contributed by atoms with E-state index < -0.39 is 10.7 Å². The summed E-state index contributed by atoms with van der Waals surface area (Å²) in [5.41, 5.74) is 0.919. The highest BCUT2D eigenvalue weighted by Crippen LogP contribution is 2.22. The van der Waals surface area contributed by atoms with Crippen molar-refractivity contribution in [2.24, 2.45) is 0 Å². The third kappa shape index (κ3) is 3.23. The number of nitrogens with one attached hydrogen (secondary N) is 1. The summed E-state index contributed by atoms with van der Waals surface area (Å²) in [7, 11) is 1.55. The van der Waals surface area contributed by atoms with Gasteiger partial charge in [0, 0.05) is 24.4 Å². The minimum atomic E-state index is -0.526. The Hall–Kier alpha value is -2.63. The van der Waals surface area contributed by atoms with Crippen molar-refractivity contribution in [3.05, 3.63) is 64.0 Å². The van der Waals surface area contributed by atoms with E-state index in [4.69, 9.17) is 4.74 Å². The van der Waals surface area contributed by atoms with Crippen LogP contribution in [0, 0.1) is 15.9 Å². The Kier molecular flexibility index (Phi) is 4.14. The van der Waals surface area contributed by atoms with Gasteiger partial charge in [0.2, 0.25) is 0 Å². The third-order valence-electron chi connectivity index (χ3n) is 2.79. The number of rotatable bonds is 5.